The Morgan fingerprint density at radius 1 is 1.61 bits per heavy atom. The van der Waals surface area contributed by atoms with Crippen LogP contribution >= 0.6 is 0 Å². The molecule has 0 amide bonds. The van der Waals surface area contributed by atoms with E-state index in [1.54, 1.807) is 0 Å². The normalized spacial score (nSPS) is 10.5. The van der Waals surface area contributed by atoms with Crippen LogP contribution in [0.3, 0.4) is 0 Å². The van der Waals surface area contributed by atoms with Crippen molar-refractivity contribution >= 4 is 23.4 Å². The Balaban J connectivity index is 3.17. The number of carboxylic acid groups (broad SMARTS) is 1. The molecule has 0 aliphatic carbocycles. The van der Waals surface area contributed by atoms with E-state index in [4.69, 9.17) is 15.6 Å². The zero-order valence-corrected chi connectivity index (χ0v) is 9.62. The molecule has 1 aromatic carbocycles. The number of nitro benzene ring substituents is 1. The summed E-state index contributed by atoms with van der Waals surface area (Å²) in [4.78, 5) is 20.5. The third-order valence-corrected chi connectivity index (χ3v) is 2.19. The Morgan fingerprint density at radius 3 is 2.78 bits per heavy atom. The first-order valence-electron chi connectivity index (χ1n) is 4.96. The highest BCUT2D eigenvalue weighted by Gasteiger charge is 2.16. The Kier molecular flexibility index (Phi) is 4.25. The van der Waals surface area contributed by atoms with Crippen LogP contribution in [-0.4, -0.2) is 23.1 Å². The van der Waals surface area contributed by atoms with Crippen molar-refractivity contribution in [2.75, 3.05) is 12.8 Å². The van der Waals surface area contributed by atoms with Crippen LogP contribution in [0.2, 0.25) is 0 Å². The van der Waals surface area contributed by atoms with E-state index in [9.17, 15) is 14.9 Å². The molecule has 0 saturated carbocycles. The number of anilines is 1. The van der Waals surface area contributed by atoms with Crippen molar-refractivity contribution in [2.45, 2.75) is 6.42 Å². The average molecular weight is 252 g/mol. The number of carbonyl (C=O) groups is 1. The highest BCUT2D eigenvalue weighted by molar-refractivity contribution is 5.77. The highest BCUT2D eigenvalue weighted by atomic mass is 16.6. The lowest BCUT2D eigenvalue weighted by Gasteiger charge is -2.05. The summed E-state index contributed by atoms with van der Waals surface area (Å²) < 4.78 is 4.92. The van der Waals surface area contributed by atoms with Gasteiger partial charge in [0.2, 0.25) is 0 Å². The van der Waals surface area contributed by atoms with Gasteiger partial charge in [0.25, 0.3) is 5.69 Å². The number of methoxy groups -OCH3 is 1. The van der Waals surface area contributed by atoms with E-state index in [1.165, 1.54) is 31.4 Å². The molecular formula is C11H12N2O5. The molecule has 0 atom stereocenters. The van der Waals surface area contributed by atoms with E-state index in [-0.39, 0.29) is 23.5 Å². The van der Waals surface area contributed by atoms with Gasteiger partial charge in [0.15, 0.2) is 0 Å². The molecule has 0 unspecified atom stereocenters. The number of hydrogen-bond donors (Lipinski definition) is 2. The summed E-state index contributed by atoms with van der Waals surface area (Å²) in [7, 11) is 1.37. The smallest absolute Gasteiger partial charge is 0.307 e. The predicted octanol–water partition coefficient (Wildman–Crippen LogP) is 1.67. The Bertz CT molecular complexity index is 510. The summed E-state index contributed by atoms with van der Waals surface area (Å²) in [5.74, 6) is -0.715. The molecule has 0 fully saturated rings. The second-order valence-corrected chi connectivity index (χ2v) is 3.41. The van der Waals surface area contributed by atoms with Gasteiger partial charge in [-0.1, -0.05) is 12.2 Å². The maximum Gasteiger partial charge on any atom is 0.307 e. The van der Waals surface area contributed by atoms with Crippen LogP contribution in [-0.2, 0) is 4.79 Å². The number of nitrogens with two attached hydrogens (primary N) is 1. The minimum atomic E-state index is -0.998. The minimum Gasteiger partial charge on any atom is -0.496 e. The van der Waals surface area contributed by atoms with Crippen LogP contribution in [0.4, 0.5) is 11.4 Å². The fourth-order valence-electron chi connectivity index (χ4n) is 1.33. The summed E-state index contributed by atoms with van der Waals surface area (Å²) in [5.41, 5.74) is 5.68. The first-order chi connectivity index (χ1) is 8.45. The van der Waals surface area contributed by atoms with Crippen LogP contribution in [0.5, 0.6) is 5.75 Å². The maximum atomic E-state index is 10.8. The van der Waals surface area contributed by atoms with E-state index in [1.807, 2.05) is 0 Å². The van der Waals surface area contributed by atoms with Crippen molar-refractivity contribution in [3.05, 3.63) is 33.9 Å². The first-order valence-corrected chi connectivity index (χ1v) is 4.96. The molecule has 7 heteroatoms. The number of nitro groups is 1. The third-order valence-electron chi connectivity index (χ3n) is 2.19. The van der Waals surface area contributed by atoms with Crippen LogP contribution in [0, 0.1) is 10.1 Å². The van der Waals surface area contributed by atoms with Gasteiger partial charge in [0.05, 0.1) is 24.5 Å². The molecule has 0 bridgehead atoms. The van der Waals surface area contributed by atoms with Crippen molar-refractivity contribution in [3.63, 3.8) is 0 Å². The number of benzene rings is 1. The minimum absolute atomic E-state index is 0.0255. The lowest BCUT2D eigenvalue weighted by molar-refractivity contribution is -0.384. The summed E-state index contributed by atoms with van der Waals surface area (Å²) in [6.07, 6.45) is 2.58. The lowest BCUT2D eigenvalue weighted by atomic mass is 10.1. The molecule has 0 aliphatic heterocycles. The molecule has 0 heterocycles. The van der Waals surface area contributed by atoms with E-state index in [0.717, 1.165) is 0 Å². The van der Waals surface area contributed by atoms with Gasteiger partial charge in [-0.25, -0.2) is 0 Å². The number of rotatable bonds is 5. The van der Waals surface area contributed by atoms with Gasteiger partial charge in [0, 0.05) is 5.56 Å². The standard InChI is InChI=1S/C11H12N2O5/c1-18-8-5-7(3-2-4-10(14)15)11(12)9(6-8)13(16)17/h2-3,5-6H,4,12H2,1H3,(H,14,15). The topological polar surface area (TPSA) is 116 Å². The van der Waals surface area contributed by atoms with Crippen LogP contribution < -0.4 is 10.5 Å². The van der Waals surface area contributed by atoms with Gasteiger partial charge >= 0.3 is 5.97 Å². The average Bonchev–Trinajstić information content (AvgIpc) is 2.30. The molecule has 0 saturated heterocycles. The van der Waals surface area contributed by atoms with Crippen LogP contribution in [0.1, 0.15) is 12.0 Å². The van der Waals surface area contributed by atoms with Gasteiger partial charge in [-0.3, -0.25) is 14.9 Å². The molecule has 96 valence electrons. The maximum absolute atomic E-state index is 10.8. The van der Waals surface area contributed by atoms with Crippen molar-refractivity contribution in [2.24, 2.45) is 0 Å². The second kappa shape index (κ2) is 5.67. The van der Waals surface area contributed by atoms with Crippen LogP contribution in [0.25, 0.3) is 6.08 Å². The number of carboxylic acids is 1. The van der Waals surface area contributed by atoms with Crippen molar-refractivity contribution in [1.82, 2.24) is 0 Å². The van der Waals surface area contributed by atoms with Gasteiger partial charge in [-0.05, 0) is 6.07 Å². The molecule has 0 radical (unpaired) electrons. The summed E-state index contributed by atoms with van der Waals surface area (Å²) in [5, 5.41) is 19.3. The van der Waals surface area contributed by atoms with Crippen molar-refractivity contribution in [1.29, 1.82) is 0 Å². The summed E-state index contributed by atoms with van der Waals surface area (Å²) >= 11 is 0. The molecule has 0 aliphatic rings. The lowest BCUT2D eigenvalue weighted by Crippen LogP contribution is -1.99. The van der Waals surface area contributed by atoms with E-state index >= 15 is 0 Å². The van der Waals surface area contributed by atoms with Gasteiger partial charge < -0.3 is 15.6 Å². The number of ether oxygens (including phenoxy) is 1. The molecule has 18 heavy (non-hydrogen) atoms. The second-order valence-electron chi connectivity index (χ2n) is 3.41. The SMILES string of the molecule is COc1cc(C=CCC(=O)O)c(N)c([N+](=O)[O-])c1. The third kappa shape index (κ3) is 3.21. The zero-order chi connectivity index (χ0) is 13.7. The zero-order valence-electron chi connectivity index (χ0n) is 9.62. The van der Waals surface area contributed by atoms with Crippen molar-refractivity contribution < 1.29 is 19.6 Å². The predicted molar refractivity (Wildman–Crippen MR) is 65.3 cm³/mol. The molecule has 0 aromatic heterocycles. The fraction of sp³-hybridized carbons (Fsp3) is 0.182. The van der Waals surface area contributed by atoms with Crippen molar-refractivity contribution in [3.8, 4) is 5.75 Å². The Labute approximate surface area is 103 Å². The first kappa shape index (κ1) is 13.5. The number of nitrogens with zero attached hydrogens (tertiary/aromatic N) is 1. The van der Waals surface area contributed by atoms with Gasteiger partial charge in [-0.15, -0.1) is 0 Å². The Hall–Kier alpha value is -2.57. The van der Waals surface area contributed by atoms with E-state index < -0.39 is 10.9 Å². The molecule has 0 spiro atoms. The fourth-order valence-corrected chi connectivity index (χ4v) is 1.33. The summed E-state index contributed by atoms with van der Waals surface area (Å²) in [6.45, 7) is 0. The number of nitrogen functional groups attached to an aromatic ring is 1. The number of aliphatic carboxylic acids is 1. The summed E-state index contributed by atoms with van der Waals surface area (Å²) in [6, 6.07) is 2.71. The molecule has 1 rings (SSSR count). The number of hydrogen-bond acceptors (Lipinski definition) is 5. The molecule has 1 aromatic rings. The van der Waals surface area contributed by atoms with E-state index in [2.05, 4.69) is 0 Å². The monoisotopic (exact) mass is 252 g/mol. The van der Waals surface area contributed by atoms with E-state index in [0.29, 0.717) is 5.56 Å². The highest BCUT2D eigenvalue weighted by Crippen LogP contribution is 2.31. The molecule has 7 nitrogen and oxygen atoms in total. The largest absolute Gasteiger partial charge is 0.496 e. The molecule has 3 N–H and O–H groups in total. The quantitative estimate of drug-likeness (QED) is 0.467. The van der Waals surface area contributed by atoms with Gasteiger partial charge in [-0.2, -0.15) is 0 Å². The van der Waals surface area contributed by atoms with Gasteiger partial charge in [0.1, 0.15) is 11.4 Å². The Morgan fingerprint density at radius 2 is 2.28 bits per heavy atom. The van der Waals surface area contributed by atoms with Crippen LogP contribution in [0.15, 0.2) is 18.2 Å². The molecular weight excluding hydrogens is 240 g/mol.